The van der Waals surface area contributed by atoms with E-state index >= 15 is 0 Å². The van der Waals surface area contributed by atoms with Gasteiger partial charge in [-0.05, 0) is 43.4 Å². The summed E-state index contributed by atoms with van der Waals surface area (Å²) in [4.78, 5) is 0. The van der Waals surface area contributed by atoms with Crippen molar-refractivity contribution in [1.29, 1.82) is 0 Å². The summed E-state index contributed by atoms with van der Waals surface area (Å²) in [5.41, 5.74) is 0.582. The lowest BCUT2D eigenvalue weighted by molar-refractivity contribution is 0.0545. The summed E-state index contributed by atoms with van der Waals surface area (Å²) in [7, 11) is -3.64. The first-order chi connectivity index (χ1) is 12.1. The van der Waals surface area contributed by atoms with Crippen LogP contribution in [0.2, 0.25) is 0 Å². The number of benzene rings is 1. The van der Waals surface area contributed by atoms with Gasteiger partial charge in [-0.15, -0.1) is 0 Å². The van der Waals surface area contributed by atoms with Crippen molar-refractivity contribution in [1.82, 2.24) is 0 Å². The van der Waals surface area contributed by atoms with Crippen LogP contribution in [0.3, 0.4) is 0 Å². The molecule has 2 aliphatic rings. The molecule has 2 saturated carbocycles. The van der Waals surface area contributed by atoms with Crippen LogP contribution >= 0.6 is 23.5 Å². The maximum absolute atomic E-state index is 13.6. The molecule has 0 spiro atoms. The fraction of sp³-hybridized carbons (Fsp3) is 0.684. The second kappa shape index (κ2) is 9.14. The fourth-order valence-corrected chi connectivity index (χ4v) is 6.05. The van der Waals surface area contributed by atoms with Crippen LogP contribution in [-0.4, -0.2) is 17.3 Å². The minimum Gasteiger partial charge on any atom is -0.376 e. The topological polar surface area (TPSA) is 55.8 Å². The van der Waals surface area contributed by atoms with Gasteiger partial charge < -0.3 is 14.2 Å². The molecule has 0 aliphatic heterocycles. The van der Waals surface area contributed by atoms with Crippen molar-refractivity contribution in [2.45, 2.75) is 82.3 Å². The molecule has 1 N–H and O–H groups in total. The normalized spacial score (nSPS) is 22.0. The zero-order valence-corrected chi connectivity index (χ0v) is 17.1. The van der Waals surface area contributed by atoms with Crippen molar-refractivity contribution in [3.8, 4) is 0 Å². The molecule has 0 aromatic heterocycles. The molecule has 0 radical (unpaired) electrons. The van der Waals surface area contributed by atoms with Gasteiger partial charge >= 0.3 is 7.60 Å². The molecule has 0 amide bonds. The second-order valence-electron chi connectivity index (χ2n) is 7.20. The smallest absolute Gasteiger partial charge is 0.363 e. The van der Waals surface area contributed by atoms with Crippen molar-refractivity contribution < 1.29 is 18.7 Å². The Kier molecular flexibility index (Phi) is 7.16. The van der Waals surface area contributed by atoms with E-state index in [1.165, 1.54) is 12.8 Å². The lowest BCUT2D eigenvalue weighted by Gasteiger charge is -2.33. The summed E-state index contributed by atoms with van der Waals surface area (Å²) in [5, 5.41) is 10.9. The largest absolute Gasteiger partial charge is 0.376 e. The van der Waals surface area contributed by atoms with Crippen molar-refractivity contribution in [2.24, 2.45) is 0 Å². The van der Waals surface area contributed by atoms with E-state index in [1.54, 1.807) is 12.1 Å². The Hall–Kier alpha value is -0.190. The Labute approximate surface area is 159 Å². The van der Waals surface area contributed by atoms with Gasteiger partial charge in [0.05, 0.1) is 12.2 Å². The second-order valence-corrected chi connectivity index (χ2v) is 10.1. The van der Waals surface area contributed by atoms with Crippen LogP contribution in [-0.2, 0) is 13.6 Å². The van der Waals surface area contributed by atoms with Gasteiger partial charge in [0.1, 0.15) is 0 Å². The first kappa shape index (κ1) is 19.6. The van der Waals surface area contributed by atoms with Crippen molar-refractivity contribution in [3.05, 3.63) is 34.3 Å². The van der Waals surface area contributed by atoms with Crippen molar-refractivity contribution in [3.63, 3.8) is 0 Å². The van der Waals surface area contributed by atoms with E-state index in [1.807, 2.05) is 12.1 Å². The number of aliphatic hydroxyl groups is 1. The minimum absolute atomic E-state index is 0.0757. The molecule has 6 heteroatoms. The highest BCUT2D eigenvalue weighted by atomic mass is 79.9. The summed E-state index contributed by atoms with van der Waals surface area (Å²) < 4.78 is 26.5. The van der Waals surface area contributed by atoms with E-state index in [9.17, 15) is 9.67 Å². The van der Waals surface area contributed by atoms with Crippen LogP contribution in [0.25, 0.3) is 0 Å². The van der Waals surface area contributed by atoms with Crippen LogP contribution in [0.1, 0.15) is 75.6 Å². The molecule has 3 rings (SSSR count). The third-order valence-electron chi connectivity index (χ3n) is 5.16. The predicted octanol–water partition coefficient (Wildman–Crippen LogP) is 6.33. The zero-order chi connectivity index (χ0) is 17.7. The molecule has 0 bridgehead atoms. The molecular weight excluding hydrogens is 403 g/mol. The maximum Gasteiger partial charge on any atom is 0.363 e. The summed E-state index contributed by atoms with van der Waals surface area (Å²) in [6.07, 6.45) is 10.2. The van der Waals surface area contributed by atoms with Crippen LogP contribution in [0.5, 0.6) is 0 Å². The van der Waals surface area contributed by atoms with Crippen LogP contribution in [0.4, 0.5) is 0 Å². The summed E-state index contributed by atoms with van der Waals surface area (Å²) in [6, 6.07) is 7.22. The SMILES string of the molecule is O=P(OC1CCCCC1)(OC1CCCCC1)[C@@H](O)c1ccc(Br)cc1. The highest BCUT2D eigenvalue weighted by Crippen LogP contribution is 2.62. The van der Waals surface area contributed by atoms with Gasteiger partial charge in [0.25, 0.3) is 0 Å². The average molecular weight is 431 g/mol. The Morgan fingerprint density at radius 2 is 1.32 bits per heavy atom. The third-order valence-corrected chi connectivity index (χ3v) is 7.77. The zero-order valence-electron chi connectivity index (χ0n) is 14.6. The highest BCUT2D eigenvalue weighted by molar-refractivity contribution is 9.10. The van der Waals surface area contributed by atoms with E-state index in [2.05, 4.69) is 15.9 Å². The molecule has 1 aromatic carbocycles. The van der Waals surface area contributed by atoms with E-state index in [0.717, 1.165) is 55.8 Å². The number of aliphatic hydroxyl groups excluding tert-OH is 1. The quantitative estimate of drug-likeness (QED) is 0.535. The summed E-state index contributed by atoms with van der Waals surface area (Å²) in [5.74, 6) is -1.23. The minimum atomic E-state index is -3.64. The maximum atomic E-state index is 13.6. The third kappa shape index (κ3) is 5.40. The molecule has 140 valence electrons. The average Bonchev–Trinajstić information content (AvgIpc) is 2.63. The van der Waals surface area contributed by atoms with Gasteiger partial charge in [-0.1, -0.05) is 66.6 Å². The van der Waals surface area contributed by atoms with Gasteiger partial charge in [-0.2, -0.15) is 0 Å². The Morgan fingerprint density at radius 1 is 0.880 bits per heavy atom. The highest BCUT2D eigenvalue weighted by Gasteiger charge is 2.41. The van der Waals surface area contributed by atoms with Crippen LogP contribution in [0, 0.1) is 0 Å². The molecule has 1 aromatic rings. The van der Waals surface area contributed by atoms with Crippen molar-refractivity contribution in [2.75, 3.05) is 0 Å². The van der Waals surface area contributed by atoms with E-state index in [-0.39, 0.29) is 12.2 Å². The predicted molar refractivity (Wildman–Crippen MR) is 103 cm³/mol. The Morgan fingerprint density at radius 3 is 1.76 bits per heavy atom. The molecule has 2 fully saturated rings. The van der Waals surface area contributed by atoms with Gasteiger partial charge in [-0.25, -0.2) is 0 Å². The van der Waals surface area contributed by atoms with E-state index in [0.29, 0.717) is 5.56 Å². The Balaban J connectivity index is 1.78. The Bertz CT molecular complexity index is 556. The molecule has 0 heterocycles. The van der Waals surface area contributed by atoms with E-state index < -0.39 is 13.4 Å². The van der Waals surface area contributed by atoms with E-state index in [4.69, 9.17) is 9.05 Å². The van der Waals surface area contributed by atoms with Gasteiger partial charge in [-0.3, -0.25) is 4.57 Å². The van der Waals surface area contributed by atoms with Gasteiger partial charge in [0, 0.05) is 4.47 Å². The molecular formula is C19H28BrO4P. The molecule has 0 saturated heterocycles. The van der Waals surface area contributed by atoms with Gasteiger partial charge in [0.15, 0.2) is 5.85 Å². The first-order valence-corrected chi connectivity index (χ1v) is 11.9. The first-order valence-electron chi connectivity index (χ1n) is 9.47. The van der Waals surface area contributed by atoms with Crippen LogP contribution in [0.15, 0.2) is 28.7 Å². The molecule has 1 atom stereocenters. The summed E-state index contributed by atoms with van der Waals surface area (Å²) in [6.45, 7) is 0. The molecule has 4 nitrogen and oxygen atoms in total. The van der Waals surface area contributed by atoms with Crippen molar-refractivity contribution >= 4 is 23.5 Å². The van der Waals surface area contributed by atoms with Crippen LogP contribution < -0.4 is 0 Å². The number of hydrogen-bond acceptors (Lipinski definition) is 4. The molecule has 2 aliphatic carbocycles. The standard InChI is InChI=1S/C19H28BrO4P/c20-16-13-11-15(12-14-16)19(21)25(22,23-17-7-3-1-4-8-17)24-18-9-5-2-6-10-18/h11-14,17-19,21H,1-10H2/t19-/m1/s1. The van der Waals surface area contributed by atoms with Gasteiger partial charge in [0.2, 0.25) is 0 Å². The number of hydrogen-bond donors (Lipinski definition) is 1. The lowest BCUT2D eigenvalue weighted by Crippen LogP contribution is -2.22. The summed E-state index contributed by atoms with van der Waals surface area (Å²) >= 11 is 3.39. The molecule has 0 unspecified atom stereocenters. The molecule has 25 heavy (non-hydrogen) atoms. The number of halogens is 1. The fourth-order valence-electron chi connectivity index (χ4n) is 3.71. The number of rotatable bonds is 6. The monoisotopic (exact) mass is 430 g/mol. The lowest BCUT2D eigenvalue weighted by atomic mass is 9.98.